The number of nitrogens with two attached hydrogens (primary N) is 1. The molecule has 1 rings (SSSR count). The summed E-state index contributed by atoms with van der Waals surface area (Å²) in [4.78, 5) is 2.02. The number of rotatable bonds is 3. The zero-order chi connectivity index (χ0) is 9.84. The Bertz CT molecular complexity index is 256. The van der Waals surface area contributed by atoms with Crippen LogP contribution < -0.4 is 10.6 Å². The third-order valence-corrected chi connectivity index (χ3v) is 2.03. The lowest BCUT2D eigenvalue weighted by Crippen LogP contribution is -2.15. The number of hydrogen-bond donors (Lipinski definition) is 2. The first-order valence-corrected chi connectivity index (χ1v) is 4.29. The van der Waals surface area contributed by atoms with Gasteiger partial charge in [-0.15, -0.1) is 0 Å². The molecule has 0 spiro atoms. The molecule has 0 aliphatic heterocycles. The summed E-state index contributed by atoms with van der Waals surface area (Å²) in [7, 11) is 3.97. The van der Waals surface area contributed by atoms with Crippen LogP contribution in [0.3, 0.4) is 0 Å². The average Bonchev–Trinajstić information content (AvgIpc) is 2.17. The minimum absolute atomic E-state index is 0.0126. The monoisotopic (exact) mass is 180 g/mol. The molecule has 0 aliphatic carbocycles. The van der Waals surface area contributed by atoms with Crippen LogP contribution in [0, 0.1) is 0 Å². The van der Waals surface area contributed by atoms with Crippen LogP contribution >= 0.6 is 0 Å². The second-order valence-electron chi connectivity index (χ2n) is 3.28. The maximum atomic E-state index is 8.83. The molecule has 3 N–H and O–H groups in total. The molecular formula is C10H16N2O. The maximum Gasteiger partial charge on any atom is 0.0624 e. The predicted molar refractivity (Wildman–Crippen MR) is 54.8 cm³/mol. The second-order valence-corrected chi connectivity index (χ2v) is 3.28. The number of anilines is 1. The second kappa shape index (κ2) is 4.25. The molecule has 0 radical (unpaired) electrons. The Hall–Kier alpha value is -1.06. The number of nitrogens with zero attached hydrogens (tertiary/aromatic N) is 1. The molecule has 72 valence electrons. The summed E-state index contributed by atoms with van der Waals surface area (Å²) in [5, 5.41) is 8.83. The van der Waals surface area contributed by atoms with E-state index in [1.54, 1.807) is 0 Å². The number of aliphatic hydroxyl groups is 1. The van der Waals surface area contributed by atoms with E-state index in [0.29, 0.717) is 0 Å². The average molecular weight is 180 g/mol. The molecule has 0 unspecified atom stereocenters. The Balaban J connectivity index is 2.81. The molecule has 1 atom stereocenters. The quantitative estimate of drug-likeness (QED) is 0.721. The van der Waals surface area contributed by atoms with Crippen molar-refractivity contribution in [2.45, 2.75) is 6.04 Å². The van der Waals surface area contributed by atoms with Gasteiger partial charge in [-0.05, 0) is 17.7 Å². The van der Waals surface area contributed by atoms with E-state index in [0.717, 1.165) is 11.3 Å². The normalized spacial score (nSPS) is 12.6. The Labute approximate surface area is 78.8 Å². The highest BCUT2D eigenvalue weighted by Gasteiger charge is 2.03. The first-order chi connectivity index (χ1) is 6.15. The van der Waals surface area contributed by atoms with Crippen LogP contribution in [0.15, 0.2) is 24.3 Å². The fourth-order valence-electron chi connectivity index (χ4n) is 1.13. The summed E-state index contributed by atoms with van der Waals surface area (Å²) in [6.45, 7) is -0.0126. The Morgan fingerprint density at radius 2 is 1.85 bits per heavy atom. The van der Waals surface area contributed by atoms with E-state index in [1.807, 2.05) is 43.3 Å². The third kappa shape index (κ3) is 2.44. The molecule has 3 heteroatoms. The SMILES string of the molecule is CN(C)c1ccc([C@@H](N)CO)cc1. The summed E-state index contributed by atoms with van der Waals surface area (Å²) >= 11 is 0. The molecular weight excluding hydrogens is 164 g/mol. The third-order valence-electron chi connectivity index (χ3n) is 2.03. The zero-order valence-electron chi connectivity index (χ0n) is 8.07. The fraction of sp³-hybridized carbons (Fsp3) is 0.400. The highest BCUT2D eigenvalue weighted by Crippen LogP contribution is 2.15. The van der Waals surface area contributed by atoms with Crippen molar-refractivity contribution in [3.8, 4) is 0 Å². The van der Waals surface area contributed by atoms with Crippen LogP contribution in [-0.4, -0.2) is 25.8 Å². The summed E-state index contributed by atoms with van der Waals surface area (Å²) in [5.74, 6) is 0. The Morgan fingerprint density at radius 1 is 1.31 bits per heavy atom. The van der Waals surface area contributed by atoms with E-state index in [2.05, 4.69) is 0 Å². The topological polar surface area (TPSA) is 49.5 Å². The molecule has 0 aromatic heterocycles. The van der Waals surface area contributed by atoms with Gasteiger partial charge in [0.2, 0.25) is 0 Å². The van der Waals surface area contributed by atoms with Gasteiger partial charge in [-0.1, -0.05) is 12.1 Å². The van der Waals surface area contributed by atoms with Gasteiger partial charge in [0.1, 0.15) is 0 Å². The van der Waals surface area contributed by atoms with Gasteiger partial charge in [0, 0.05) is 19.8 Å². The first kappa shape index (κ1) is 10.0. The van der Waals surface area contributed by atoms with Crippen molar-refractivity contribution in [1.29, 1.82) is 0 Å². The zero-order valence-corrected chi connectivity index (χ0v) is 8.07. The summed E-state index contributed by atoms with van der Waals surface area (Å²) < 4.78 is 0. The van der Waals surface area contributed by atoms with Crippen LogP contribution in [0.2, 0.25) is 0 Å². The van der Waals surface area contributed by atoms with Gasteiger partial charge in [0.05, 0.1) is 12.6 Å². The summed E-state index contributed by atoms with van der Waals surface area (Å²) in [6, 6.07) is 7.60. The molecule has 0 heterocycles. The molecule has 0 bridgehead atoms. The highest BCUT2D eigenvalue weighted by molar-refractivity contribution is 5.46. The van der Waals surface area contributed by atoms with Crippen LogP contribution in [0.4, 0.5) is 5.69 Å². The minimum Gasteiger partial charge on any atom is -0.394 e. The Kier molecular flexibility index (Phi) is 3.28. The maximum absolute atomic E-state index is 8.83. The smallest absolute Gasteiger partial charge is 0.0624 e. The van der Waals surface area contributed by atoms with Crippen molar-refractivity contribution in [1.82, 2.24) is 0 Å². The molecule has 0 amide bonds. The predicted octanol–water partition coefficient (Wildman–Crippen LogP) is 0.745. The van der Waals surface area contributed by atoms with Crippen LogP contribution in [0.1, 0.15) is 11.6 Å². The molecule has 0 fully saturated rings. The molecule has 0 saturated carbocycles. The van der Waals surface area contributed by atoms with Crippen molar-refractivity contribution in [2.75, 3.05) is 25.6 Å². The largest absolute Gasteiger partial charge is 0.394 e. The lowest BCUT2D eigenvalue weighted by Gasteiger charge is -2.14. The number of benzene rings is 1. The van der Waals surface area contributed by atoms with Crippen LogP contribution in [0.25, 0.3) is 0 Å². The van der Waals surface area contributed by atoms with E-state index >= 15 is 0 Å². The van der Waals surface area contributed by atoms with Gasteiger partial charge in [-0.2, -0.15) is 0 Å². The fourth-order valence-corrected chi connectivity index (χ4v) is 1.13. The molecule has 1 aromatic rings. The molecule has 13 heavy (non-hydrogen) atoms. The molecule has 0 aliphatic rings. The summed E-state index contributed by atoms with van der Waals surface area (Å²) in [6.07, 6.45) is 0. The van der Waals surface area contributed by atoms with Crippen molar-refractivity contribution < 1.29 is 5.11 Å². The van der Waals surface area contributed by atoms with E-state index in [9.17, 15) is 0 Å². The van der Waals surface area contributed by atoms with E-state index < -0.39 is 0 Å². The van der Waals surface area contributed by atoms with Gasteiger partial charge >= 0.3 is 0 Å². The van der Waals surface area contributed by atoms with Gasteiger partial charge in [0.25, 0.3) is 0 Å². The van der Waals surface area contributed by atoms with Gasteiger partial charge in [0.15, 0.2) is 0 Å². The molecule has 3 nitrogen and oxygen atoms in total. The lowest BCUT2D eigenvalue weighted by molar-refractivity contribution is 0.268. The standard InChI is InChI=1S/C10H16N2O/c1-12(2)9-5-3-8(4-6-9)10(11)7-13/h3-6,10,13H,7,11H2,1-2H3/t10-/m0/s1. The highest BCUT2D eigenvalue weighted by atomic mass is 16.3. The van der Waals surface area contributed by atoms with Crippen molar-refractivity contribution in [3.05, 3.63) is 29.8 Å². The van der Waals surface area contributed by atoms with Crippen molar-refractivity contribution >= 4 is 5.69 Å². The van der Waals surface area contributed by atoms with Crippen molar-refractivity contribution in [3.63, 3.8) is 0 Å². The van der Waals surface area contributed by atoms with E-state index in [-0.39, 0.29) is 12.6 Å². The lowest BCUT2D eigenvalue weighted by atomic mass is 10.1. The summed E-state index contributed by atoms with van der Waals surface area (Å²) in [5.41, 5.74) is 7.76. The number of hydrogen-bond acceptors (Lipinski definition) is 3. The van der Waals surface area contributed by atoms with E-state index in [4.69, 9.17) is 10.8 Å². The van der Waals surface area contributed by atoms with E-state index in [1.165, 1.54) is 0 Å². The molecule has 1 aromatic carbocycles. The van der Waals surface area contributed by atoms with Gasteiger partial charge in [-0.25, -0.2) is 0 Å². The number of aliphatic hydroxyl groups excluding tert-OH is 1. The van der Waals surface area contributed by atoms with Gasteiger partial charge in [-0.3, -0.25) is 0 Å². The molecule has 0 saturated heterocycles. The van der Waals surface area contributed by atoms with Crippen LogP contribution in [-0.2, 0) is 0 Å². The van der Waals surface area contributed by atoms with Crippen molar-refractivity contribution in [2.24, 2.45) is 5.73 Å². The van der Waals surface area contributed by atoms with Gasteiger partial charge < -0.3 is 15.7 Å². The first-order valence-electron chi connectivity index (χ1n) is 4.29. The minimum atomic E-state index is -0.267. The van der Waals surface area contributed by atoms with Crippen LogP contribution in [0.5, 0.6) is 0 Å². The Morgan fingerprint density at radius 3 is 2.23 bits per heavy atom.